The number of hydrogen-bond donors (Lipinski definition) is 0. The Balaban J connectivity index is 1.36. The lowest BCUT2D eigenvalue weighted by Gasteiger charge is -2.54. The van der Waals surface area contributed by atoms with Gasteiger partial charge in [0.1, 0.15) is 0 Å². The molecule has 0 atom stereocenters. The highest BCUT2D eigenvalue weighted by Gasteiger charge is 2.49. The van der Waals surface area contributed by atoms with Gasteiger partial charge in [0.15, 0.2) is 11.5 Å². The van der Waals surface area contributed by atoms with Crippen LogP contribution in [0.1, 0.15) is 82.0 Å². The normalized spacial score (nSPS) is 18.4. The van der Waals surface area contributed by atoms with Crippen molar-refractivity contribution < 1.29 is 28.7 Å². The highest BCUT2D eigenvalue weighted by atomic mass is 16.6. The molecule has 3 aromatic carbocycles. The number of nitrogens with zero attached hydrogens (tertiary/aromatic N) is 2. The van der Waals surface area contributed by atoms with Gasteiger partial charge in [-0.2, -0.15) is 0 Å². The zero-order valence-electron chi connectivity index (χ0n) is 23.3. The number of imide groups is 1. The summed E-state index contributed by atoms with van der Waals surface area (Å²) < 4.78 is 11.0. The number of likely N-dealkylation sites (tertiary alicyclic amines) is 1. The van der Waals surface area contributed by atoms with Crippen molar-refractivity contribution >= 4 is 23.8 Å². The van der Waals surface area contributed by atoms with E-state index in [4.69, 9.17) is 9.47 Å². The molecule has 0 spiro atoms. The summed E-state index contributed by atoms with van der Waals surface area (Å²) in [5.74, 6) is -1.96. The minimum Gasteiger partial charge on any atom is -0.419 e. The number of fused-ring (bicyclic) bond motifs is 1. The molecule has 2 aliphatic rings. The Kier molecular flexibility index (Phi) is 6.84. The largest absolute Gasteiger partial charge is 0.419 e. The zero-order chi connectivity index (χ0) is 28.8. The van der Waals surface area contributed by atoms with Gasteiger partial charge >= 0.3 is 11.9 Å². The maximum absolute atomic E-state index is 13.5. The maximum atomic E-state index is 13.5. The molecular formula is C32H32N2O6. The molecule has 0 aromatic heterocycles. The number of carbonyl (C=O) groups excluding carboxylic acids is 4. The van der Waals surface area contributed by atoms with Crippen LogP contribution in [-0.2, 0) is 0 Å². The smallest absolute Gasteiger partial charge is 0.343 e. The first-order valence-electron chi connectivity index (χ1n) is 13.2. The average Bonchev–Trinajstić information content (AvgIpc) is 3.17. The lowest BCUT2D eigenvalue weighted by Crippen LogP contribution is -2.63. The molecule has 206 valence electrons. The molecule has 5 rings (SSSR count). The second kappa shape index (κ2) is 10.0. The van der Waals surface area contributed by atoms with Crippen LogP contribution in [0.4, 0.5) is 0 Å². The minimum atomic E-state index is -0.744. The van der Waals surface area contributed by atoms with Crippen LogP contribution in [0.15, 0.2) is 72.8 Å². The van der Waals surface area contributed by atoms with E-state index in [1.165, 1.54) is 35.2 Å². The van der Waals surface area contributed by atoms with Crippen LogP contribution in [0.2, 0.25) is 0 Å². The number of ether oxygens (including phenoxy) is 2. The SMILES string of the molecule is CN1C(C)(C)CC(N2C(=O)c3ccc(C(=O)Oc4ccccc4OC(=O)c4ccccc4)cc3C2=O)CC1(C)C. The van der Waals surface area contributed by atoms with E-state index in [1.54, 1.807) is 42.5 Å². The van der Waals surface area contributed by atoms with Gasteiger partial charge in [-0.3, -0.25) is 19.4 Å². The Morgan fingerprint density at radius 2 is 1.20 bits per heavy atom. The van der Waals surface area contributed by atoms with Crippen LogP contribution in [0.25, 0.3) is 0 Å². The number of amides is 2. The molecule has 8 nitrogen and oxygen atoms in total. The van der Waals surface area contributed by atoms with E-state index in [9.17, 15) is 19.2 Å². The Bertz CT molecular complexity index is 1490. The van der Waals surface area contributed by atoms with E-state index < -0.39 is 17.8 Å². The fourth-order valence-corrected chi connectivity index (χ4v) is 5.73. The number of hydrogen-bond acceptors (Lipinski definition) is 7. The second-order valence-electron chi connectivity index (χ2n) is 11.6. The molecular weight excluding hydrogens is 508 g/mol. The Morgan fingerprint density at radius 3 is 1.77 bits per heavy atom. The molecule has 0 aliphatic carbocycles. The Labute approximate surface area is 233 Å². The summed E-state index contributed by atoms with van der Waals surface area (Å²) in [6, 6.07) is 18.9. The number of benzene rings is 3. The number of carbonyl (C=O) groups is 4. The molecule has 1 saturated heterocycles. The second-order valence-corrected chi connectivity index (χ2v) is 11.6. The third kappa shape index (κ3) is 4.91. The van der Waals surface area contributed by atoms with Gasteiger partial charge in [0.25, 0.3) is 11.8 Å². The van der Waals surface area contributed by atoms with Crippen molar-refractivity contribution in [3.05, 3.63) is 95.1 Å². The van der Waals surface area contributed by atoms with Crippen LogP contribution in [0.3, 0.4) is 0 Å². The molecule has 0 N–H and O–H groups in total. The number of para-hydroxylation sites is 2. The highest BCUT2D eigenvalue weighted by molar-refractivity contribution is 6.22. The molecule has 0 bridgehead atoms. The van der Waals surface area contributed by atoms with Gasteiger partial charge in [-0.15, -0.1) is 0 Å². The molecule has 0 saturated carbocycles. The van der Waals surface area contributed by atoms with E-state index in [0.29, 0.717) is 18.4 Å². The van der Waals surface area contributed by atoms with E-state index in [0.717, 1.165) is 0 Å². The molecule has 1 fully saturated rings. The van der Waals surface area contributed by atoms with Crippen molar-refractivity contribution in [1.82, 2.24) is 9.80 Å². The number of rotatable bonds is 5. The molecule has 40 heavy (non-hydrogen) atoms. The summed E-state index contributed by atoms with van der Waals surface area (Å²) in [7, 11) is 2.07. The summed E-state index contributed by atoms with van der Waals surface area (Å²) in [5, 5.41) is 0. The molecule has 2 heterocycles. The lowest BCUT2D eigenvalue weighted by atomic mass is 9.77. The van der Waals surface area contributed by atoms with Crippen molar-refractivity contribution in [3.8, 4) is 11.5 Å². The topological polar surface area (TPSA) is 93.2 Å². The van der Waals surface area contributed by atoms with Gasteiger partial charge in [-0.05, 0) is 90.0 Å². The molecule has 3 aromatic rings. The predicted molar refractivity (Wildman–Crippen MR) is 149 cm³/mol. The van der Waals surface area contributed by atoms with Crippen LogP contribution in [0.5, 0.6) is 11.5 Å². The summed E-state index contributed by atoms with van der Waals surface area (Å²) >= 11 is 0. The van der Waals surface area contributed by atoms with Crippen LogP contribution in [-0.4, -0.2) is 57.7 Å². The third-order valence-electron chi connectivity index (χ3n) is 8.07. The first-order chi connectivity index (χ1) is 18.9. The molecule has 2 aliphatic heterocycles. The van der Waals surface area contributed by atoms with Gasteiger partial charge in [-0.1, -0.05) is 30.3 Å². The van der Waals surface area contributed by atoms with E-state index >= 15 is 0 Å². The maximum Gasteiger partial charge on any atom is 0.343 e. The summed E-state index contributed by atoms with van der Waals surface area (Å²) in [6.45, 7) is 8.45. The van der Waals surface area contributed by atoms with Crippen LogP contribution >= 0.6 is 0 Å². The first kappa shape index (κ1) is 27.3. The highest BCUT2D eigenvalue weighted by Crippen LogP contribution is 2.41. The molecule has 0 unspecified atom stereocenters. The van der Waals surface area contributed by atoms with Gasteiger partial charge in [0, 0.05) is 17.1 Å². The molecule has 2 amide bonds. The summed E-state index contributed by atoms with van der Waals surface area (Å²) in [6.07, 6.45) is 1.29. The van der Waals surface area contributed by atoms with Crippen molar-refractivity contribution in [2.45, 2.75) is 57.7 Å². The van der Waals surface area contributed by atoms with Gasteiger partial charge in [0.2, 0.25) is 0 Å². The van der Waals surface area contributed by atoms with E-state index in [2.05, 4.69) is 39.6 Å². The summed E-state index contributed by atoms with van der Waals surface area (Å²) in [4.78, 5) is 56.2. The van der Waals surface area contributed by atoms with Crippen molar-refractivity contribution in [3.63, 3.8) is 0 Å². The van der Waals surface area contributed by atoms with Crippen molar-refractivity contribution in [2.75, 3.05) is 7.05 Å². The number of piperidine rings is 1. The minimum absolute atomic E-state index is 0.0529. The average molecular weight is 541 g/mol. The van der Waals surface area contributed by atoms with Crippen molar-refractivity contribution in [1.29, 1.82) is 0 Å². The lowest BCUT2D eigenvalue weighted by molar-refractivity contribution is -0.0363. The van der Waals surface area contributed by atoms with Gasteiger partial charge < -0.3 is 9.47 Å². The van der Waals surface area contributed by atoms with E-state index in [1.807, 2.05) is 0 Å². The van der Waals surface area contributed by atoms with Gasteiger partial charge in [0.05, 0.1) is 22.3 Å². The van der Waals surface area contributed by atoms with Crippen LogP contribution < -0.4 is 9.47 Å². The standard InChI is InChI=1S/C32H32N2O6/c1-31(2)18-22(19-32(3,4)33(31)5)34-27(35)23-16-15-21(17-24(23)28(34)36)30(38)40-26-14-10-9-13-25(26)39-29(37)20-11-7-6-8-12-20/h6-17,22H,18-19H2,1-5H3. The molecule has 0 radical (unpaired) electrons. The van der Waals surface area contributed by atoms with E-state index in [-0.39, 0.29) is 51.2 Å². The Morgan fingerprint density at radius 1 is 0.700 bits per heavy atom. The van der Waals surface area contributed by atoms with Crippen LogP contribution in [0, 0.1) is 0 Å². The predicted octanol–water partition coefficient (Wildman–Crippen LogP) is 5.37. The van der Waals surface area contributed by atoms with Crippen molar-refractivity contribution in [2.24, 2.45) is 0 Å². The third-order valence-corrected chi connectivity index (χ3v) is 8.07. The monoisotopic (exact) mass is 540 g/mol. The summed E-state index contributed by atoms with van der Waals surface area (Å²) in [5.41, 5.74) is 0.481. The number of esters is 2. The fourth-order valence-electron chi connectivity index (χ4n) is 5.73. The zero-order valence-corrected chi connectivity index (χ0v) is 23.3. The first-order valence-corrected chi connectivity index (χ1v) is 13.2. The van der Waals surface area contributed by atoms with Gasteiger partial charge in [-0.25, -0.2) is 9.59 Å². The Hall–Kier alpha value is -4.30. The molecule has 8 heteroatoms. The fraction of sp³-hybridized carbons (Fsp3) is 0.312. The quantitative estimate of drug-likeness (QED) is 0.244.